The van der Waals surface area contributed by atoms with E-state index in [1.165, 1.54) is 0 Å². The minimum absolute atomic E-state index is 0.473. The van der Waals surface area contributed by atoms with Crippen molar-refractivity contribution in [3.8, 4) is 0 Å². The number of amides is 2. The van der Waals surface area contributed by atoms with Gasteiger partial charge >= 0.3 is 11.8 Å². The zero-order chi connectivity index (χ0) is 14.3. The van der Waals surface area contributed by atoms with Gasteiger partial charge in [-0.25, -0.2) is 0 Å². The Morgan fingerprint density at radius 3 is 2.26 bits per heavy atom. The van der Waals surface area contributed by atoms with Crippen LogP contribution in [-0.4, -0.2) is 29.8 Å². The molecular formula is C14H19BrN2O2. The first-order chi connectivity index (χ1) is 9.10. The Balaban J connectivity index is 2.71. The summed E-state index contributed by atoms with van der Waals surface area (Å²) in [7, 11) is 0. The molecule has 1 N–H and O–H groups in total. The molecule has 2 amide bonds. The van der Waals surface area contributed by atoms with E-state index in [9.17, 15) is 9.59 Å². The molecule has 1 aromatic rings. The quantitative estimate of drug-likeness (QED) is 0.845. The number of nitrogens with zero attached hydrogens (tertiary/aromatic N) is 1. The van der Waals surface area contributed by atoms with Crippen LogP contribution in [0.4, 0.5) is 5.69 Å². The lowest BCUT2D eigenvalue weighted by Crippen LogP contribution is -2.40. The number of hydrogen-bond acceptors (Lipinski definition) is 2. The van der Waals surface area contributed by atoms with Crippen LogP contribution in [0.5, 0.6) is 0 Å². The van der Waals surface area contributed by atoms with Gasteiger partial charge in [-0.2, -0.15) is 0 Å². The fourth-order valence-electron chi connectivity index (χ4n) is 1.74. The summed E-state index contributed by atoms with van der Waals surface area (Å²) in [6.07, 6.45) is 1.68. The van der Waals surface area contributed by atoms with E-state index in [4.69, 9.17) is 0 Å². The number of carbonyl (C=O) groups is 2. The monoisotopic (exact) mass is 326 g/mol. The normalized spacial score (nSPS) is 10.1. The lowest BCUT2D eigenvalue weighted by Gasteiger charge is -2.20. The maximum atomic E-state index is 12.0. The highest BCUT2D eigenvalue weighted by Gasteiger charge is 2.21. The zero-order valence-electron chi connectivity index (χ0n) is 11.3. The molecule has 0 unspecified atom stereocenters. The molecule has 1 rings (SSSR count). The predicted molar refractivity (Wildman–Crippen MR) is 79.9 cm³/mol. The van der Waals surface area contributed by atoms with Crippen LogP contribution in [0.25, 0.3) is 0 Å². The third-order valence-corrected chi connectivity index (χ3v) is 3.28. The van der Waals surface area contributed by atoms with E-state index in [1.807, 2.05) is 26.0 Å². The van der Waals surface area contributed by atoms with Crippen LogP contribution in [0.15, 0.2) is 28.7 Å². The van der Waals surface area contributed by atoms with E-state index in [0.717, 1.165) is 17.3 Å². The van der Waals surface area contributed by atoms with Gasteiger partial charge in [0.1, 0.15) is 0 Å². The second kappa shape index (κ2) is 7.94. The molecule has 0 aliphatic rings. The third-order valence-electron chi connectivity index (χ3n) is 2.59. The zero-order valence-corrected chi connectivity index (χ0v) is 12.9. The van der Waals surface area contributed by atoms with Crippen molar-refractivity contribution in [3.05, 3.63) is 28.7 Å². The van der Waals surface area contributed by atoms with Gasteiger partial charge in [-0.1, -0.05) is 26.0 Å². The Labute approximate surface area is 122 Å². The number of para-hydroxylation sites is 1. The molecule has 0 aliphatic carbocycles. The van der Waals surface area contributed by atoms with Gasteiger partial charge in [-0.05, 0) is 40.9 Å². The van der Waals surface area contributed by atoms with E-state index in [-0.39, 0.29) is 0 Å². The van der Waals surface area contributed by atoms with Crippen molar-refractivity contribution in [1.82, 2.24) is 4.90 Å². The van der Waals surface area contributed by atoms with Crippen molar-refractivity contribution in [2.75, 3.05) is 18.4 Å². The Bertz CT molecular complexity index is 443. The molecule has 0 aliphatic heterocycles. The first-order valence-corrected chi connectivity index (χ1v) is 7.24. The van der Waals surface area contributed by atoms with Crippen LogP contribution < -0.4 is 5.32 Å². The lowest BCUT2D eigenvalue weighted by atomic mass is 10.3. The van der Waals surface area contributed by atoms with E-state index in [0.29, 0.717) is 18.8 Å². The highest BCUT2D eigenvalue weighted by atomic mass is 79.9. The molecule has 5 heteroatoms. The predicted octanol–water partition coefficient (Wildman–Crippen LogP) is 3.04. The fraction of sp³-hybridized carbons (Fsp3) is 0.429. The summed E-state index contributed by atoms with van der Waals surface area (Å²) in [6, 6.07) is 7.22. The highest BCUT2D eigenvalue weighted by molar-refractivity contribution is 9.10. The van der Waals surface area contributed by atoms with Crippen LogP contribution in [-0.2, 0) is 9.59 Å². The number of nitrogens with one attached hydrogen (secondary N) is 1. The average molecular weight is 327 g/mol. The van der Waals surface area contributed by atoms with E-state index in [1.54, 1.807) is 17.0 Å². The second-order valence-corrected chi connectivity index (χ2v) is 5.08. The number of halogens is 1. The summed E-state index contributed by atoms with van der Waals surface area (Å²) in [4.78, 5) is 25.6. The molecule has 0 aromatic heterocycles. The van der Waals surface area contributed by atoms with Crippen LogP contribution in [0.3, 0.4) is 0 Å². The van der Waals surface area contributed by atoms with Crippen molar-refractivity contribution in [2.24, 2.45) is 0 Å². The molecule has 0 atom stereocenters. The summed E-state index contributed by atoms with van der Waals surface area (Å²) >= 11 is 3.33. The van der Waals surface area contributed by atoms with Gasteiger partial charge in [0, 0.05) is 17.6 Å². The molecule has 0 heterocycles. The van der Waals surface area contributed by atoms with Gasteiger partial charge < -0.3 is 10.2 Å². The van der Waals surface area contributed by atoms with E-state index < -0.39 is 11.8 Å². The van der Waals surface area contributed by atoms with Crippen LogP contribution in [0.2, 0.25) is 0 Å². The Hall–Kier alpha value is -1.36. The molecule has 0 saturated heterocycles. The van der Waals surface area contributed by atoms with Gasteiger partial charge in [0.2, 0.25) is 0 Å². The highest BCUT2D eigenvalue weighted by Crippen LogP contribution is 2.21. The van der Waals surface area contributed by atoms with Crippen LogP contribution in [0, 0.1) is 0 Å². The molecule has 0 bridgehead atoms. The average Bonchev–Trinajstić information content (AvgIpc) is 2.40. The van der Waals surface area contributed by atoms with Crippen LogP contribution >= 0.6 is 15.9 Å². The molecule has 0 spiro atoms. The molecule has 0 saturated carbocycles. The summed E-state index contributed by atoms with van der Waals surface area (Å²) < 4.78 is 0.758. The molecule has 0 radical (unpaired) electrons. The third kappa shape index (κ3) is 4.67. The van der Waals surface area contributed by atoms with Crippen LogP contribution in [0.1, 0.15) is 26.7 Å². The van der Waals surface area contributed by atoms with Crippen molar-refractivity contribution in [2.45, 2.75) is 26.7 Å². The summed E-state index contributed by atoms with van der Waals surface area (Å²) in [6.45, 7) is 5.19. The molecule has 1 aromatic carbocycles. The van der Waals surface area contributed by atoms with Gasteiger partial charge in [-0.15, -0.1) is 0 Å². The van der Waals surface area contributed by atoms with Gasteiger partial charge in [0.25, 0.3) is 0 Å². The minimum atomic E-state index is -0.589. The summed E-state index contributed by atoms with van der Waals surface area (Å²) in [5.74, 6) is -1.06. The number of benzene rings is 1. The Kier molecular flexibility index (Phi) is 6.56. The summed E-state index contributed by atoms with van der Waals surface area (Å²) in [5.41, 5.74) is 0.605. The standard InChI is InChI=1S/C14H19BrN2O2/c1-3-9-17(10-4-2)14(19)13(18)16-12-8-6-5-7-11(12)15/h5-8H,3-4,9-10H2,1-2H3,(H,16,18). The number of carbonyl (C=O) groups excluding carboxylic acids is 2. The number of hydrogen-bond donors (Lipinski definition) is 1. The molecule has 104 valence electrons. The Morgan fingerprint density at radius 1 is 1.16 bits per heavy atom. The molecule has 19 heavy (non-hydrogen) atoms. The maximum absolute atomic E-state index is 12.0. The molecule has 0 fully saturated rings. The number of rotatable bonds is 5. The lowest BCUT2D eigenvalue weighted by molar-refractivity contribution is -0.143. The molecular weight excluding hydrogens is 308 g/mol. The molecule has 4 nitrogen and oxygen atoms in total. The fourth-order valence-corrected chi connectivity index (χ4v) is 2.12. The topological polar surface area (TPSA) is 49.4 Å². The van der Waals surface area contributed by atoms with Crippen molar-refractivity contribution in [3.63, 3.8) is 0 Å². The van der Waals surface area contributed by atoms with Gasteiger partial charge in [-0.3, -0.25) is 9.59 Å². The minimum Gasteiger partial charge on any atom is -0.334 e. The largest absolute Gasteiger partial charge is 0.334 e. The smallest absolute Gasteiger partial charge is 0.313 e. The summed E-state index contributed by atoms with van der Waals surface area (Å²) in [5, 5.41) is 2.63. The second-order valence-electron chi connectivity index (χ2n) is 4.23. The van der Waals surface area contributed by atoms with E-state index in [2.05, 4.69) is 21.2 Å². The first-order valence-electron chi connectivity index (χ1n) is 6.44. The van der Waals surface area contributed by atoms with Gasteiger partial charge in [0.05, 0.1) is 5.69 Å². The first kappa shape index (κ1) is 15.7. The van der Waals surface area contributed by atoms with Crippen molar-refractivity contribution in [1.29, 1.82) is 0 Å². The maximum Gasteiger partial charge on any atom is 0.313 e. The van der Waals surface area contributed by atoms with Gasteiger partial charge in [0.15, 0.2) is 0 Å². The SMILES string of the molecule is CCCN(CCC)C(=O)C(=O)Nc1ccccc1Br. The number of anilines is 1. The van der Waals surface area contributed by atoms with Crippen molar-refractivity contribution >= 4 is 33.4 Å². The van der Waals surface area contributed by atoms with E-state index >= 15 is 0 Å². The van der Waals surface area contributed by atoms with Crippen molar-refractivity contribution < 1.29 is 9.59 Å². The Morgan fingerprint density at radius 2 is 1.74 bits per heavy atom.